The van der Waals surface area contributed by atoms with Crippen LogP contribution in [0, 0.1) is 0 Å². The molecule has 0 fully saturated rings. The fourth-order valence-corrected chi connectivity index (χ4v) is 8.81. The maximum atomic E-state index is 3.95. The molecule has 1 heteroatoms. The normalized spacial score (nSPS) is 23.6. The van der Waals surface area contributed by atoms with Crippen molar-refractivity contribution in [2.45, 2.75) is 24.7 Å². The maximum absolute atomic E-state index is 3.95. The molecule has 5 aromatic rings. The first-order valence-corrected chi connectivity index (χ1v) is 14.5. The minimum Gasteiger partial charge on any atom is -0.0822 e. The number of hydrogen-bond donors (Lipinski definition) is 0. The summed E-state index contributed by atoms with van der Waals surface area (Å²) in [5.74, 6) is 0. The lowest BCUT2D eigenvalue weighted by Gasteiger charge is -2.49. The van der Waals surface area contributed by atoms with Gasteiger partial charge in [-0.3, -0.25) is 0 Å². The van der Waals surface area contributed by atoms with Gasteiger partial charge < -0.3 is 0 Å². The Balaban J connectivity index is 1.63. The van der Waals surface area contributed by atoms with Gasteiger partial charge in [-0.05, 0) is 81.1 Å². The average Bonchev–Trinajstić information content (AvgIpc) is 3.45. The van der Waals surface area contributed by atoms with Gasteiger partial charge in [-0.2, -0.15) is 0 Å². The SMILES string of the molecule is CC=C1C(=CC)C2(c3ccccc31)c1ccccc1C1(c3ccccc3-c3c(Br)cccc31)c1ccccc12. The van der Waals surface area contributed by atoms with E-state index in [2.05, 4.69) is 157 Å². The molecule has 0 heterocycles. The summed E-state index contributed by atoms with van der Waals surface area (Å²) in [4.78, 5) is 0. The summed E-state index contributed by atoms with van der Waals surface area (Å²) >= 11 is 3.95. The topological polar surface area (TPSA) is 0 Å². The van der Waals surface area contributed by atoms with Gasteiger partial charge in [0.05, 0.1) is 10.8 Å². The minimum absolute atomic E-state index is 0.380. The maximum Gasteiger partial charge on any atom is 0.0720 e. The predicted octanol–water partition coefficient (Wildman–Crippen LogP) is 9.82. The molecule has 0 unspecified atom stereocenters. The number of halogens is 1. The Bertz CT molecular complexity index is 1850. The molecular formula is C38H27Br. The predicted molar refractivity (Wildman–Crippen MR) is 165 cm³/mol. The van der Waals surface area contributed by atoms with Crippen LogP contribution in [0.2, 0.25) is 0 Å². The number of rotatable bonds is 0. The third-order valence-corrected chi connectivity index (χ3v) is 10.0. The van der Waals surface area contributed by atoms with E-state index in [0.29, 0.717) is 0 Å². The highest BCUT2D eigenvalue weighted by Gasteiger charge is 2.59. The van der Waals surface area contributed by atoms with Crippen LogP contribution in [-0.2, 0) is 10.8 Å². The molecule has 0 aliphatic heterocycles. The molecule has 0 bridgehead atoms. The highest BCUT2D eigenvalue weighted by molar-refractivity contribution is 9.10. The van der Waals surface area contributed by atoms with Crippen molar-refractivity contribution < 1.29 is 0 Å². The lowest BCUT2D eigenvalue weighted by molar-refractivity contribution is 0.632. The molecule has 0 saturated carbocycles. The van der Waals surface area contributed by atoms with Crippen molar-refractivity contribution in [3.05, 3.63) is 182 Å². The second-order valence-corrected chi connectivity index (χ2v) is 11.6. The second kappa shape index (κ2) is 8.04. The summed E-state index contributed by atoms with van der Waals surface area (Å²) < 4.78 is 1.15. The van der Waals surface area contributed by atoms with Gasteiger partial charge in [0.1, 0.15) is 0 Å². The zero-order chi connectivity index (χ0) is 26.4. The fraction of sp³-hybridized carbons (Fsp3) is 0.105. The van der Waals surface area contributed by atoms with E-state index >= 15 is 0 Å². The molecule has 0 amide bonds. The van der Waals surface area contributed by atoms with Crippen molar-refractivity contribution >= 4 is 21.5 Å². The Morgan fingerprint density at radius 3 is 1.49 bits per heavy atom. The molecule has 2 spiro atoms. The number of hydrogen-bond acceptors (Lipinski definition) is 0. The molecule has 0 radical (unpaired) electrons. The van der Waals surface area contributed by atoms with Crippen LogP contribution >= 0.6 is 15.9 Å². The third-order valence-electron chi connectivity index (χ3n) is 9.38. The van der Waals surface area contributed by atoms with Crippen LogP contribution in [0.3, 0.4) is 0 Å². The van der Waals surface area contributed by atoms with Crippen LogP contribution in [0.15, 0.2) is 137 Å². The van der Waals surface area contributed by atoms with Gasteiger partial charge in [-0.1, -0.05) is 137 Å². The van der Waals surface area contributed by atoms with Crippen LogP contribution in [0.1, 0.15) is 58.4 Å². The van der Waals surface area contributed by atoms with Crippen LogP contribution < -0.4 is 0 Å². The highest BCUT2D eigenvalue weighted by Crippen LogP contribution is 2.68. The third kappa shape index (κ3) is 2.51. The first-order valence-electron chi connectivity index (χ1n) is 13.7. The lowest BCUT2D eigenvalue weighted by Crippen LogP contribution is -2.43. The van der Waals surface area contributed by atoms with Crippen molar-refractivity contribution in [2.24, 2.45) is 0 Å². The summed E-state index contributed by atoms with van der Waals surface area (Å²) in [6.07, 6.45) is 4.66. The fourth-order valence-electron chi connectivity index (χ4n) is 8.23. The van der Waals surface area contributed by atoms with E-state index in [1.54, 1.807) is 0 Å². The molecule has 8 rings (SSSR count). The zero-order valence-corrected chi connectivity index (χ0v) is 23.6. The number of allylic oxidation sites excluding steroid dienone is 4. The van der Waals surface area contributed by atoms with E-state index in [1.807, 2.05) is 0 Å². The Morgan fingerprint density at radius 2 is 0.923 bits per heavy atom. The van der Waals surface area contributed by atoms with Gasteiger partial charge >= 0.3 is 0 Å². The second-order valence-electron chi connectivity index (χ2n) is 10.7. The first kappa shape index (κ1) is 23.0. The van der Waals surface area contributed by atoms with E-state index in [9.17, 15) is 0 Å². The van der Waals surface area contributed by atoms with Gasteiger partial charge in [0, 0.05) is 10.0 Å². The monoisotopic (exact) mass is 562 g/mol. The highest BCUT2D eigenvalue weighted by atomic mass is 79.9. The largest absolute Gasteiger partial charge is 0.0822 e. The minimum atomic E-state index is -0.402. The molecule has 0 N–H and O–H groups in total. The van der Waals surface area contributed by atoms with E-state index < -0.39 is 5.41 Å². The van der Waals surface area contributed by atoms with Crippen molar-refractivity contribution in [3.63, 3.8) is 0 Å². The van der Waals surface area contributed by atoms with Gasteiger partial charge in [0.15, 0.2) is 0 Å². The van der Waals surface area contributed by atoms with E-state index in [-0.39, 0.29) is 5.41 Å². The average molecular weight is 564 g/mol. The molecule has 0 saturated heterocycles. The summed E-state index contributed by atoms with van der Waals surface area (Å²) in [5, 5.41) is 0. The van der Waals surface area contributed by atoms with Gasteiger partial charge in [0.2, 0.25) is 0 Å². The number of fused-ring (bicyclic) bond motifs is 13. The number of benzene rings is 5. The molecule has 0 aromatic heterocycles. The van der Waals surface area contributed by atoms with E-state index in [1.165, 1.54) is 66.8 Å². The molecule has 186 valence electrons. The molecule has 3 aliphatic rings. The molecule has 3 aliphatic carbocycles. The quantitative estimate of drug-likeness (QED) is 0.173. The molecule has 0 nitrogen and oxygen atoms in total. The summed E-state index contributed by atoms with van der Waals surface area (Å²) in [7, 11) is 0. The van der Waals surface area contributed by atoms with Crippen LogP contribution in [0.5, 0.6) is 0 Å². The van der Waals surface area contributed by atoms with Crippen molar-refractivity contribution in [1.29, 1.82) is 0 Å². The first-order chi connectivity index (χ1) is 19.2. The standard InChI is InChI=1S/C38H27Br/c1-3-24-25-14-5-7-16-28(25)37(27(24)4-2)30-18-9-11-20-32(30)38(33-21-12-10-19-31(33)37)29-17-8-6-15-26(29)36-34(38)22-13-23-35(36)39/h3-23H,1-2H3. The Hall–Kier alpha value is -3.94. The molecule has 39 heavy (non-hydrogen) atoms. The Labute approximate surface area is 238 Å². The molecular weight excluding hydrogens is 536 g/mol. The molecule has 5 aromatic carbocycles. The Kier molecular flexibility index (Phi) is 4.74. The van der Waals surface area contributed by atoms with Crippen molar-refractivity contribution in [2.75, 3.05) is 0 Å². The van der Waals surface area contributed by atoms with Gasteiger partial charge in [0.25, 0.3) is 0 Å². The van der Waals surface area contributed by atoms with E-state index in [0.717, 1.165) is 4.47 Å². The summed E-state index contributed by atoms with van der Waals surface area (Å²) in [5.41, 5.74) is 15.5. The van der Waals surface area contributed by atoms with Gasteiger partial charge in [-0.25, -0.2) is 0 Å². The van der Waals surface area contributed by atoms with E-state index in [4.69, 9.17) is 0 Å². The van der Waals surface area contributed by atoms with Crippen molar-refractivity contribution in [1.82, 2.24) is 0 Å². The Morgan fingerprint density at radius 1 is 0.462 bits per heavy atom. The smallest absolute Gasteiger partial charge is 0.0720 e. The van der Waals surface area contributed by atoms with Crippen LogP contribution in [0.25, 0.3) is 16.7 Å². The van der Waals surface area contributed by atoms with Crippen LogP contribution in [-0.4, -0.2) is 0 Å². The van der Waals surface area contributed by atoms with Gasteiger partial charge in [-0.15, -0.1) is 0 Å². The summed E-state index contributed by atoms with van der Waals surface area (Å²) in [6.45, 7) is 4.39. The van der Waals surface area contributed by atoms with Crippen molar-refractivity contribution in [3.8, 4) is 11.1 Å². The zero-order valence-electron chi connectivity index (χ0n) is 22.0. The lowest BCUT2D eigenvalue weighted by atomic mass is 9.52. The summed E-state index contributed by atoms with van der Waals surface area (Å²) in [6, 6.07) is 43.3. The molecule has 0 atom stereocenters. The van der Waals surface area contributed by atoms with Crippen LogP contribution in [0.4, 0.5) is 0 Å².